The van der Waals surface area contributed by atoms with Gasteiger partial charge in [-0.1, -0.05) is 13.0 Å². The number of halogens is 1. The summed E-state index contributed by atoms with van der Waals surface area (Å²) in [7, 11) is 1.56. The molecule has 1 aliphatic rings. The monoisotopic (exact) mass is 336 g/mol. The van der Waals surface area contributed by atoms with Crippen LogP contribution in [0.2, 0.25) is 0 Å². The number of methoxy groups -OCH3 is 1. The van der Waals surface area contributed by atoms with E-state index in [9.17, 15) is 9.18 Å². The number of carbonyl (C=O) groups excluding carboxylic acids is 1. The molecule has 124 valence electrons. The van der Waals surface area contributed by atoms with Crippen LogP contribution in [0.1, 0.15) is 28.6 Å². The molecular weight excluding hydrogens is 315 g/mol. The standard InChI is InChI=1S/C17H21FN2O2S/c1-10-8-19-7-6-13(10)20-17(21)16-11(9-22-2)15-12(18)4-3-5-14(15)23-16/h3-5,10,13,19H,6-9H2,1-2H3,(H,20,21). The van der Waals surface area contributed by atoms with E-state index in [1.54, 1.807) is 13.2 Å². The predicted octanol–water partition coefficient (Wildman–Crippen LogP) is 2.91. The van der Waals surface area contributed by atoms with Crippen molar-refractivity contribution in [1.29, 1.82) is 0 Å². The smallest absolute Gasteiger partial charge is 0.261 e. The van der Waals surface area contributed by atoms with Crippen LogP contribution in [0.5, 0.6) is 0 Å². The molecule has 1 fully saturated rings. The molecule has 2 N–H and O–H groups in total. The summed E-state index contributed by atoms with van der Waals surface area (Å²) < 4.78 is 20.2. The van der Waals surface area contributed by atoms with Crippen molar-refractivity contribution in [2.75, 3.05) is 20.2 Å². The first-order valence-electron chi connectivity index (χ1n) is 7.82. The van der Waals surface area contributed by atoms with Gasteiger partial charge in [-0.15, -0.1) is 11.3 Å². The highest BCUT2D eigenvalue weighted by molar-refractivity contribution is 7.21. The van der Waals surface area contributed by atoms with Gasteiger partial charge in [0, 0.05) is 28.8 Å². The highest BCUT2D eigenvalue weighted by Gasteiger charge is 2.26. The maximum Gasteiger partial charge on any atom is 0.261 e. The third-order valence-electron chi connectivity index (χ3n) is 4.36. The van der Waals surface area contributed by atoms with Crippen molar-refractivity contribution < 1.29 is 13.9 Å². The molecule has 4 nitrogen and oxygen atoms in total. The van der Waals surface area contributed by atoms with Gasteiger partial charge in [-0.05, 0) is 37.6 Å². The number of piperidine rings is 1. The highest BCUT2D eigenvalue weighted by atomic mass is 32.1. The molecule has 0 bridgehead atoms. The molecule has 2 unspecified atom stereocenters. The molecule has 1 aromatic heterocycles. The molecule has 3 rings (SSSR count). The quantitative estimate of drug-likeness (QED) is 0.903. The van der Waals surface area contributed by atoms with Gasteiger partial charge in [0.05, 0.1) is 11.5 Å². The lowest BCUT2D eigenvalue weighted by atomic mass is 9.95. The lowest BCUT2D eigenvalue weighted by Gasteiger charge is -2.30. The van der Waals surface area contributed by atoms with Crippen LogP contribution in [0.3, 0.4) is 0 Å². The van der Waals surface area contributed by atoms with Gasteiger partial charge in [-0.25, -0.2) is 4.39 Å². The van der Waals surface area contributed by atoms with Crippen LogP contribution < -0.4 is 10.6 Å². The number of hydrogen-bond donors (Lipinski definition) is 2. The fraction of sp³-hybridized carbons (Fsp3) is 0.471. The second kappa shape index (κ2) is 6.95. The normalized spacial score (nSPS) is 21.5. The summed E-state index contributed by atoms with van der Waals surface area (Å²) in [4.78, 5) is 13.3. The zero-order valence-corrected chi connectivity index (χ0v) is 14.1. The van der Waals surface area contributed by atoms with Gasteiger partial charge in [-0.2, -0.15) is 0 Å². The van der Waals surface area contributed by atoms with Crippen LogP contribution in [-0.4, -0.2) is 32.1 Å². The van der Waals surface area contributed by atoms with E-state index >= 15 is 0 Å². The average molecular weight is 336 g/mol. The minimum absolute atomic E-state index is 0.128. The van der Waals surface area contributed by atoms with Gasteiger partial charge < -0.3 is 15.4 Å². The molecule has 1 aromatic carbocycles. The molecule has 0 aliphatic carbocycles. The second-order valence-corrected chi connectivity index (χ2v) is 7.06. The summed E-state index contributed by atoms with van der Waals surface area (Å²) in [6.45, 7) is 4.15. The van der Waals surface area contributed by atoms with Crippen LogP contribution in [0.25, 0.3) is 10.1 Å². The van der Waals surface area contributed by atoms with Crippen molar-refractivity contribution in [1.82, 2.24) is 10.6 Å². The fourth-order valence-electron chi connectivity index (χ4n) is 3.10. The van der Waals surface area contributed by atoms with Gasteiger partial charge in [-0.3, -0.25) is 4.79 Å². The van der Waals surface area contributed by atoms with E-state index in [4.69, 9.17) is 4.74 Å². The Morgan fingerprint density at radius 2 is 2.35 bits per heavy atom. The first-order chi connectivity index (χ1) is 11.1. The molecular formula is C17H21FN2O2S. The summed E-state index contributed by atoms with van der Waals surface area (Å²) >= 11 is 1.33. The summed E-state index contributed by atoms with van der Waals surface area (Å²) in [6, 6.07) is 5.08. The maximum atomic E-state index is 14.2. The zero-order chi connectivity index (χ0) is 16.4. The third-order valence-corrected chi connectivity index (χ3v) is 5.56. The van der Waals surface area contributed by atoms with Crippen molar-refractivity contribution in [3.05, 3.63) is 34.5 Å². The molecule has 2 aromatic rings. The molecule has 1 saturated heterocycles. The van der Waals surface area contributed by atoms with Gasteiger partial charge in [0.1, 0.15) is 5.82 Å². The largest absolute Gasteiger partial charge is 0.380 e. The predicted molar refractivity (Wildman–Crippen MR) is 90.4 cm³/mol. The number of ether oxygens (including phenoxy) is 1. The van der Waals surface area contributed by atoms with Crippen LogP contribution in [0.4, 0.5) is 4.39 Å². The Hall–Kier alpha value is -1.50. The lowest BCUT2D eigenvalue weighted by molar-refractivity contribution is 0.0914. The zero-order valence-electron chi connectivity index (χ0n) is 13.3. The molecule has 1 amide bonds. The molecule has 23 heavy (non-hydrogen) atoms. The van der Waals surface area contributed by atoms with E-state index in [-0.39, 0.29) is 24.4 Å². The Kier molecular flexibility index (Phi) is 4.94. The number of carbonyl (C=O) groups is 1. The molecule has 6 heteroatoms. The van der Waals surface area contributed by atoms with Crippen molar-refractivity contribution in [3.8, 4) is 0 Å². The Morgan fingerprint density at radius 1 is 1.52 bits per heavy atom. The van der Waals surface area contributed by atoms with E-state index in [1.165, 1.54) is 17.4 Å². The molecule has 0 saturated carbocycles. The van der Waals surface area contributed by atoms with E-state index in [0.29, 0.717) is 21.7 Å². The molecule has 0 radical (unpaired) electrons. The number of fused-ring (bicyclic) bond motifs is 1. The molecule has 0 spiro atoms. The van der Waals surface area contributed by atoms with Crippen LogP contribution in [0, 0.1) is 11.7 Å². The van der Waals surface area contributed by atoms with Gasteiger partial charge in [0.15, 0.2) is 0 Å². The highest BCUT2D eigenvalue weighted by Crippen LogP contribution is 2.34. The number of amides is 1. The maximum absolute atomic E-state index is 14.2. The first kappa shape index (κ1) is 16.4. The lowest BCUT2D eigenvalue weighted by Crippen LogP contribution is -2.48. The SMILES string of the molecule is COCc1c(C(=O)NC2CCNCC2C)sc2cccc(F)c12. The number of rotatable bonds is 4. The van der Waals surface area contributed by atoms with E-state index in [1.807, 2.05) is 6.07 Å². The summed E-state index contributed by atoms with van der Waals surface area (Å²) in [6.07, 6.45) is 0.909. The molecule has 2 heterocycles. The average Bonchev–Trinajstić information content (AvgIpc) is 2.90. The van der Waals surface area contributed by atoms with E-state index < -0.39 is 0 Å². The van der Waals surface area contributed by atoms with E-state index in [2.05, 4.69) is 17.6 Å². The van der Waals surface area contributed by atoms with Gasteiger partial charge >= 0.3 is 0 Å². The third kappa shape index (κ3) is 3.24. The Balaban J connectivity index is 1.93. The second-order valence-electron chi connectivity index (χ2n) is 6.01. The van der Waals surface area contributed by atoms with Crippen LogP contribution in [-0.2, 0) is 11.3 Å². The Labute approximate surface area is 139 Å². The Morgan fingerprint density at radius 3 is 3.09 bits per heavy atom. The summed E-state index contributed by atoms with van der Waals surface area (Å²) in [5.41, 5.74) is 0.643. The first-order valence-corrected chi connectivity index (χ1v) is 8.64. The van der Waals surface area contributed by atoms with Crippen molar-refractivity contribution in [2.24, 2.45) is 5.92 Å². The van der Waals surface area contributed by atoms with Crippen LogP contribution in [0.15, 0.2) is 18.2 Å². The van der Waals surface area contributed by atoms with Crippen molar-refractivity contribution in [2.45, 2.75) is 26.0 Å². The molecule has 1 aliphatic heterocycles. The minimum atomic E-state index is -0.305. The fourth-order valence-corrected chi connectivity index (χ4v) is 4.22. The van der Waals surface area contributed by atoms with E-state index in [0.717, 1.165) is 24.2 Å². The molecule has 2 atom stereocenters. The van der Waals surface area contributed by atoms with Gasteiger partial charge in [0.2, 0.25) is 0 Å². The van der Waals surface area contributed by atoms with Gasteiger partial charge in [0.25, 0.3) is 5.91 Å². The van der Waals surface area contributed by atoms with Crippen molar-refractivity contribution in [3.63, 3.8) is 0 Å². The Bertz CT molecular complexity index is 716. The minimum Gasteiger partial charge on any atom is -0.380 e. The number of nitrogens with one attached hydrogen (secondary N) is 2. The van der Waals surface area contributed by atoms with Crippen LogP contribution >= 0.6 is 11.3 Å². The summed E-state index contributed by atoms with van der Waals surface area (Å²) in [5, 5.41) is 6.94. The van der Waals surface area contributed by atoms with Crippen molar-refractivity contribution >= 4 is 27.3 Å². The number of benzene rings is 1. The number of thiophene rings is 1. The number of hydrogen-bond acceptors (Lipinski definition) is 4. The topological polar surface area (TPSA) is 50.4 Å². The summed E-state index contributed by atoms with van der Waals surface area (Å²) in [5.74, 6) is -0.0545.